The second kappa shape index (κ2) is 6.87. The number of benzene rings is 1. The van der Waals surface area contributed by atoms with E-state index in [-0.39, 0.29) is 23.2 Å². The summed E-state index contributed by atoms with van der Waals surface area (Å²) in [6, 6.07) is 3.66. The van der Waals surface area contributed by atoms with Crippen molar-refractivity contribution in [3.8, 4) is 5.75 Å². The van der Waals surface area contributed by atoms with Crippen LogP contribution in [-0.2, 0) is 15.6 Å². The van der Waals surface area contributed by atoms with Gasteiger partial charge in [-0.2, -0.15) is 0 Å². The summed E-state index contributed by atoms with van der Waals surface area (Å²) < 4.78 is 4.87. The average molecular weight is 337 g/mol. The molecular formula is C18H27NO3S. The van der Waals surface area contributed by atoms with Crippen molar-refractivity contribution in [2.24, 2.45) is 0 Å². The van der Waals surface area contributed by atoms with Gasteiger partial charge in [-0.3, -0.25) is 5.32 Å². The Balaban J connectivity index is 3.39. The first-order chi connectivity index (χ1) is 10.4. The summed E-state index contributed by atoms with van der Waals surface area (Å²) in [5, 5.41) is 13.2. The summed E-state index contributed by atoms with van der Waals surface area (Å²) in [7, 11) is 0. The van der Waals surface area contributed by atoms with Gasteiger partial charge < -0.3 is 9.84 Å². The van der Waals surface area contributed by atoms with Gasteiger partial charge in [0.05, 0.1) is 6.61 Å². The van der Waals surface area contributed by atoms with Gasteiger partial charge in [-0.15, -0.1) is 0 Å². The summed E-state index contributed by atoms with van der Waals surface area (Å²) in [5.74, 6) is 0.285. The maximum atomic E-state index is 11.6. The standard InChI is InChI=1S/C18H27NO3S/c1-8-22-16(21)19-15(23)11-9-12(17(2,3)4)14(20)13(10-11)18(5,6)7/h9-10,20H,8H2,1-7H3,(H,19,21,23). The first-order valence-electron chi connectivity index (χ1n) is 7.74. The number of alkyl carbamates (subject to hydrolysis) is 1. The second-order valence-corrected chi connectivity index (χ2v) is 8.00. The van der Waals surface area contributed by atoms with Gasteiger partial charge in [0.25, 0.3) is 0 Å². The maximum Gasteiger partial charge on any atom is 0.412 e. The van der Waals surface area contributed by atoms with Crippen molar-refractivity contribution in [3.63, 3.8) is 0 Å². The molecule has 0 aliphatic rings. The third-order valence-electron chi connectivity index (χ3n) is 3.48. The largest absolute Gasteiger partial charge is 0.507 e. The Labute approximate surface area is 144 Å². The van der Waals surface area contributed by atoms with E-state index < -0.39 is 6.09 Å². The SMILES string of the molecule is CCOC(=O)NC(=S)c1cc(C(C)(C)C)c(O)c(C(C)(C)C)c1. The number of aromatic hydroxyl groups is 1. The van der Waals surface area contributed by atoms with Crippen LogP contribution in [0.4, 0.5) is 4.79 Å². The van der Waals surface area contributed by atoms with Crippen molar-refractivity contribution in [1.82, 2.24) is 5.32 Å². The van der Waals surface area contributed by atoms with Gasteiger partial charge in [0, 0.05) is 16.7 Å². The Morgan fingerprint density at radius 3 is 1.91 bits per heavy atom. The van der Waals surface area contributed by atoms with Crippen molar-refractivity contribution in [2.45, 2.75) is 59.3 Å². The third kappa shape index (κ3) is 4.93. The number of amides is 1. The van der Waals surface area contributed by atoms with E-state index >= 15 is 0 Å². The molecule has 128 valence electrons. The van der Waals surface area contributed by atoms with E-state index in [9.17, 15) is 9.90 Å². The van der Waals surface area contributed by atoms with Crippen LogP contribution in [0.25, 0.3) is 0 Å². The summed E-state index contributed by atoms with van der Waals surface area (Å²) >= 11 is 5.33. The molecule has 0 aliphatic carbocycles. The summed E-state index contributed by atoms with van der Waals surface area (Å²) in [4.78, 5) is 11.9. The van der Waals surface area contributed by atoms with Crippen LogP contribution >= 0.6 is 12.2 Å². The molecule has 0 saturated heterocycles. The fourth-order valence-corrected chi connectivity index (χ4v) is 2.44. The Kier molecular flexibility index (Phi) is 5.80. The molecule has 0 aromatic heterocycles. The smallest absolute Gasteiger partial charge is 0.412 e. The van der Waals surface area contributed by atoms with Crippen molar-refractivity contribution >= 4 is 23.3 Å². The molecule has 0 saturated carbocycles. The molecule has 23 heavy (non-hydrogen) atoms. The lowest BCUT2D eigenvalue weighted by Gasteiger charge is -2.28. The molecular weight excluding hydrogens is 310 g/mol. The first kappa shape index (κ1) is 19.4. The highest BCUT2D eigenvalue weighted by atomic mass is 32.1. The number of thiocarbonyl (C=S) groups is 1. The number of rotatable bonds is 2. The molecule has 0 atom stereocenters. The zero-order chi connectivity index (χ0) is 18.0. The summed E-state index contributed by atoms with van der Waals surface area (Å²) in [6.07, 6.45) is -0.569. The van der Waals surface area contributed by atoms with E-state index in [1.165, 1.54) is 0 Å². The lowest BCUT2D eigenvalue weighted by molar-refractivity contribution is 0.158. The van der Waals surface area contributed by atoms with Crippen LogP contribution in [0, 0.1) is 0 Å². The van der Waals surface area contributed by atoms with Gasteiger partial charge in [-0.1, -0.05) is 53.8 Å². The Hall–Kier alpha value is -1.62. The molecule has 0 aliphatic heterocycles. The van der Waals surface area contributed by atoms with E-state index in [1.54, 1.807) is 6.92 Å². The van der Waals surface area contributed by atoms with Gasteiger partial charge in [-0.25, -0.2) is 4.79 Å². The highest BCUT2D eigenvalue weighted by Gasteiger charge is 2.27. The minimum absolute atomic E-state index is 0.250. The number of hydrogen-bond acceptors (Lipinski definition) is 4. The number of hydrogen-bond donors (Lipinski definition) is 2. The van der Waals surface area contributed by atoms with E-state index in [0.717, 1.165) is 11.1 Å². The summed E-state index contributed by atoms with van der Waals surface area (Å²) in [5.41, 5.74) is 1.79. The van der Waals surface area contributed by atoms with Gasteiger partial charge in [0.2, 0.25) is 0 Å². The molecule has 0 fully saturated rings. The molecule has 0 radical (unpaired) electrons. The molecule has 1 amide bonds. The minimum atomic E-state index is -0.569. The van der Waals surface area contributed by atoms with Gasteiger partial charge >= 0.3 is 6.09 Å². The van der Waals surface area contributed by atoms with Gasteiger partial charge in [0.15, 0.2) is 0 Å². The number of phenols is 1. The third-order valence-corrected chi connectivity index (χ3v) is 3.82. The Morgan fingerprint density at radius 2 is 1.57 bits per heavy atom. The molecule has 0 unspecified atom stereocenters. The minimum Gasteiger partial charge on any atom is -0.507 e. The Morgan fingerprint density at radius 1 is 1.13 bits per heavy atom. The quantitative estimate of drug-likeness (QED) is 0.785. The van der Waals surface area contributed by atoms with Crippen LogP contribution in [0.1, 0.15) is 65.2 Å². The zero-order valence-corrected chi connectivity index (χ0v) is 15.9. The number of carbonyl (C=O) groups excluding carboxylic acids is 1. The van der Waals surface area contributed by atoms with Gasteiger partial charge in [-0.05, 0) is 29.9 Å². The molecule has 4 nitrogen and oxygen atoms in total. The van der Waals surface area contributed by atoms with E-state index in [1.807, 2.05) is 53.7 Å². The predicted octanol–water partition coefficient (Wildman–Crippen LogP) is 4.41. The number of ether oxygens (including phenoxy) is 1. The van der Waals surface area contributed by atoms with E-state index in [2.05, 4.69) is 5.32 Å². The normalized spacial score (nSPS) is 12.0. The number of carbonyl (C=O) groups is 1. The highest BCUT2D eigenvalue weighted by Crippen LogP contribution is 2.39. The van der Waals surface area contributed by atoms with Crippen LogP contribution in [0.5, 0.6) is 5.75 Å². The monoisotopic (exact) mass is 337 g/mol. The lowest BCUT2D eigenvalue weighted by atomic mass is 9.78. The maximum absolute atomic E-state index is 11.6. The predicted molar refractivity (Wildman–Crippen MR) is 97.4 cm³/mol. The molecule has 0 spiro atoms. The van der Waals surface area contributed by atoms with Crippen LogP contribution < -0.4 is 5.32 Å². The first-order valence-corrected chi connectivity index (χ1v) is 8.14. The van der Waals surface area contributed by atoms with Crippen molar-refractivity contribution in [3.05, 3.63) is 28.8 Å². The molecule has 1 aromatic rings. The molecule has 0 bridgehead atoms. The fraction of sp³-hybridized carbons (Fsp3) is 0.556. The van der Waals surface area contributed by atoms with Crippen molar-refractivity contribution in [1.29, 1.82) is 0 Å². The number of phenolic OH excluding ortho intramolecular Hbond substituents is 1. The van der Waals surface area contributed by atoms with Gasteiger partial charge in [0.1, 0.15) is 10.7 Å². The number of nitrogens with one attached hydrogen (secondary N) is 1. The topological polar surface area (TPSA) is 58.6 Å². The van der Waals surface area contributed by atoms with Crippen LogP contribution in [-0.4, -0.2) is 22.8 Å². The molecule has 2 N–H and O–H groups in total. The van der Waals surface area contributed by atoms with E-state index in [4.69, 9.17) is 17.0 Å². The highest BCUT2D eigenvalue weighted by molar-refractivity contribution is 7.80. The molecule has 1 aromatic carbocycles. The molecule has 0 heterocycles. The van der Waals surface area contributed by atoms with Crippen LogP contribution in [0.2, 0.25) is 0 Å². The Bertz CT molecular complexity index is 575. The van der Waals surface area contributed by atoms with Crippen molar-refractivity contribution < 1.29 is 14.6 Å². The van der Waals surface area contributed by atoms with Crippen molar-refractivity contribution in [2.75, 3.05) is 6.61 Å². The van der Waals surface area contributed by atoms with Crippen LogP contribution in [0.15, 0.2) is 12.1 Å². The zero-order valence-electron chi connectivity index (χ0n) is 15.0. The second-order valence-electron chi connectivity index (χ2n) is 7.59. The average Bonchev–Trinajstić information content (AvgIpc) is 2.36. The van der Waals surface area contributed by atoms with E-state index in [0.29, 0.717) is 10.6 Å². The molecule has 5 heteroatoms. The van der Waals surface area contributed by atoms with Crippen LogP contribution in [0.3, 0.4) is 0 Å². The molecule has 1 rings (SSSR count). The lowest BCUT2D eigenvalue weighted by Crippen LogP contribution is -2.31. The summed E-state index contributed by atoms with van der Waals surface area (Å²) in [6.45, 7) is 14.2. The fourth-order valence-electron chi connectivity index (χ4n) is 2.24.